The number of aryl methyl sites for hydroxylation is 2. The van der Waals surface area contributed by atoms with Gasteiger partial charge < -0.3 is 10.4 Å². The van der Waals surface area contributed by atoms with Crippen LogP contribution in [0.5, 0.6) is 0 Å². The highest BCUT2D eigenvalue weighted by molar-refractivity contribution is 7.14. The van der Waals surface area contributed by atoms with Crippen molar-refractivity contribution in [3.05, 3.63) is 21.4 Å². The first-order valence-electron chi connectivity index (χ1n) is 6.14. The van der Waals surface area contributed by atoms with E-state index in [9.17, 15) is 9.59 Å². The van der Waals surface area contributed by atoms with Gasteiger partial charge >= 0.3 is 5.97 Å². The number of carbonyl (C=O) groups excluding carboxylic acids is 1. The Balaban J connectivity index is 2.01. The molecule has 2 rings (SSSR count). The number of rotatable bonds is 4. The molecule has 2 N–H and O–H groups in total. The van der Waals surface area contributed by atoms with Crippen molar-refractivity contribution in [3.63, 3.8) is 0 Å². The molecule has 2 atom stereocenters. The van der Waals surface area contributed by atoms with Crippen molar-refractivity contribution < 1.29 is 14.7 Å². The van der Waals surface area contributed by atoms with E-state index in [1.54, 1.807) is 13.8 Å². The lowest BCUT2D eigenvalue weighted by Crippen LogP contribution is -2.39. The molecule has 1 aliphatic rings. The molecular formula is C13H17NO3S. The number of carbonyl (C=O) groups is 2. The molecule has 18 heavy (non-hydrogen) atoms. The summed E-state index contributed by atoms with van der Waals surface area (Å²) in [4.78, 5) is 24.8. The van der Waals surface area contributed by atoms with Gasteiger partial charge in [-0.15, -0.1) is 11.3 Å². The second-order valence-electron chi connectivity index (χ2n) is 4.80. The molecule has 0 saturated heterocycles. The summed E-state index contributed by atoms with van der Waals surface area (Å²) in [5.74, 6) is -1.63. The maximum absolute atomic E-state index is 12.0. The summed E-state index contributed by atoms with van der Waals surface area (Å²) >= 11 is 1.53. The molecule has 1 aromatic rings. The summed E-state index contributed by atoms with van der Waals surface area (Å²) in [5.41, 5.74) is 1.28. The molecule has 0 spiro atoms. The molecule has 0 radical (unpaired) electrons. The second-order valence-corrected chi connectivity index (χ2v) is 5.94. The zero-order valence-electron chi connectivity index (χ0n) is 10.5. The van der Waals surface area contributed by atoms with Crippen LogP contribution in [-0.4, -0.2) is 23.0 Å². The number of nitrogens with one attached hydrogen (secondary N) is 1. The van der Waals surface area contributed by atoms with Crippen LogP contribution in [0, 0.1) is 5.92 Å². The summed E-state index contributed by atoms with van der Waals surface area (Å²) in [6.07, 6.45) is 3.30. The average Bonchev–Trinajstić information content (AvgIpc) is 2.87. The average molecular weight is 267 g/mol. The molecule has 1 aliphatic carbocycles. The summed E-state index contributed by atoms with van der Waals surface area (Å²) in [5, 5.41) is 11.6. The first-order chi connectivity index (χ1) is 8.49. The van der Waals surface area contributed by atoms with E-state index in [4.69, 9.17) is 5.11 Å². The molecule has 0 aliphatic heterocycles. The summed E-state index contributed by atoms with van der Waals surface area (Å²) in [7, 11) is 0. The topological polar surface area (TPSA) is 66.4 Å². The number of carboxylic acids is 1. The van der Waals surface area contributed by atoms with Crippen molar-refractivity contribution in [1.29, 1.82) is 0 Å². The fourth-order valence-electron chi connectivity index (χ4n) is 2.06. The van der Waals surface area contributed by atoms with Crippen LogP contribution in [0.2, 0.25) is 0 Å². The van der Waals surface area contributed by atoms with Gasteiger partial charge in [0.2, 0.25) is 0 Å². The van der Waals surface area contributed by atoms with Crippen LogP contribution in [0.25, 0.3) is 0 Å². The minimum atomic E-state index is -0.892. The first-order valence-corrected chi connectivity index (χ1v) is 6.96. The van der Waals surface area contributed by atoms with Gasteiger partial charge in [0.05, 0.1) is 10.8 Å². The molecule has 0 aromatic carbocycles. The van der Waals surface area contributed by atoms with Crippen LogP contribution in [0.1, 0.15) is 40.4 Å². The number of thiophene rings is 1. The van der Waals surface area contributed by atoms with Gasteiger partial charge in [-0.2, -0.15) is 0 Å². The molecule has 0 fully saturated rings. The smallest absolute Gasteiger partial charge is 0.308 e. The van der Waals surface area contributed by atoms with Crippen LogP contribution >= 0.6 is 11.3 Å². The highest BCUT2D eigenvalue weighted by atomic mass is 32.1. The van der Waals surface area contributed by atoms with Crippen molar-refractivity contribution in [3.8, 4) is 0 Å². The second kappa shape index (κ2) is 5.10. The Morgan fingerprint density at radius 1 is 1.39 bits per heavy atom. The monoisotopic (exact) mass is 267 g/mol. The zero-order valence-corrected chi connectivity index (χ0v) is 11.3. The van der Waals surface area contributed by atoms with Crippen LogP contribution < -0.4 is 5.32 Å². The number of hydrogen-bond donors (Lipinski definition) is 2. The number of hydrogen-bond acceptors (Lipinski definition) is 3. The van der Waals surface area contributed by atoms with Crippen LogP contribution in [0.4, 0.5) is 0 Å². The van der Waals surface area contributed by atoms with E-state index < -0.39 is 11.9 Å². The third kappa shape index (κ3) is 2.56. The molecule has 98 valence electrons. The van der Waals surface area contributed by atoms with E-state index in [1.165, 1.54) is 28.2 Å². The molecule has 0 bridgehead atoms. The van der Waals surface area contributed by atoms with Crippen molar-refractivity contribution in [1.82, 2.24) is 5.32 Å². The normalized spacial score (nSPS) is 17.0. The van der Waals surface area contributed by atoms with Crippen molar-refractivity contribution in [2.45, 2.75) is 39.2 Å². The Kier molecular flexibility index (Phi) is 3.71. The highest BCUT2D eigenvalue weighted by Crippen LogP contribution is 2.30. The van der Waals surface area contributed by atoms with Crippen LogP contribution in [0.15, 0.2) is 6.07 Å². The maximum atomic E-state index is 12.0. The molecule has 1 aromatic heterocycles. The highest BCUT2D eigenvalue weighted by Gasteiger charge is 2.23. The summed E-state index contributed by atoms with van der Waals surface area (Å²) in [6.45, 7) is 3.32. The predicted octanol–water partition coefficient (Wildman–Crippen LogP) is 2.08. The maximum Gasteiger partial charge on any atom is 0.308 e. The number of amides is 1. The molecule has 0 saturated carbocycles. The third-order valence-electron chi connectivity index (χ3n) is 3.47. The Labute approximate surface area is 110 Å². The van der Waals surface area contributed by atoms with E-state index >= 15 is 0 Å². The minimum absolute atomic E-state index is 0.157. The Bertz CT molecular complexity index is 459. The van der Waals surface area contributed by atoms with Crippen molar-refractivity contribution in [2.75, 3.05) is 0 Å². The number of fused-ring (bicyclic) bond motifs is 1. The Morgan fingerprint density at radius 2 is 2.11 bits per heavy atom. The third-order valence-corrected chi connectivity index (χ3v) is 4.70. The van der Waals surface area contributed by atoms with Crippen molar-refractivity contribution in [2.24, 2.45) is 5.92 Å². The summed E-state index contributed by atoms with van der Waals surface area (Å²) in [6, 6.07) is 1.58. The lowest BCUT2D eigenvalue weighted by atomic mass is 10.0. The number of carboxylic acid groups (broad SMARTS) is 1. The Hall–Kier alpha value is -1.36. The minimum Gasteiger partial charge on any atom is -0.481 e. The van der Waals surface area contributed by atoms with E-state index in [0.29, 0.717) is 4.88 Å². The lowest BCUT2D eigenvalue weighted by molar-refractivity contribution is -0.141. The van der Waals surface area contributed by atoms with Crippen LogP contribution in [0.3, 0.4) is 0 Å². The van der Waals surface area contributed by atoms with Gasteiger partial charge in [0.15, 0.2) is 0 Å². The molecule has 1 amide bonds. The quantitative estimate of drug-likeness (QED) is 0.877. The zero-order chi connectivity index (χ0) is 13.3. The summed E-state index contributed by atoms with van der Waals surface area (Å²) < 4.78 is 0. The fourth-order valence-corrected chi connectivity index (χ4v) is 3.21. The first kappa shape index (κ1) is 13.1. The van der Waals surface area contributed by atoms with Gasteiger partial charge in [-0.1, -0.05) is 0 Å². The lowest BCUT2D eigenvalue weighted by Gasteiger charge is -2.17. The molecular weight excluding hydrogens is 250 g/mol. The molecule has 4 nitrogen and oxygen atoms in total. The van der Waals surface area contributed by atoms with Gasteiger partial charge in [0, 0.05) is 10.9 Å². The van der Waals surface area contributed by atoms with E-state index in [0.717, 1.165) is 12.8 Å². The van der Waals surface area contributed by atoms with E-state index in [-0.39, 0.29) is 11.9 Å². The largest absolute Gasteiger partial charge is 0.481 e. The predicted molar refractivity (Wildman–Crippen MR) is 70.1 cm³/mol. The molecule has 2 unspecified atom stereocenters. The van der Waals surface area contributed by atoms with Gasteiger partial charge in [0.1, 0.15) is 0 Å². The van der Waals surface area contributed by atoms with Gasteiger partial charge in [-0.25, -0.2) is 0 Å². The Morgan fingerprint density at radius 3 is 2.72 bits per heavy atom. The number of aliphatic carboxylic acids is 1. The molecule has 5 heteroatoms. The van der Waals surface area contributed by atoms with E-state index in [1.807, 2.05) is 6.07 Å². The SMILES string of the molecule is CC(NC(=O)c1cc2c(s1)CCC2)C(C)C(=O)O. The standard InChI is InChI=1S/C13H17NO3S/c1-7(13(16)17)8(2)14-12(15)11-6-9-4-3-5-10(9)18-11/h6-8H,3-5H2,1-2H3,(H,14,15)(H,16,17). The van der Waals surface area contributed by atoms with Gasteiger partial charge in [-0.3, -0.25) is 9.59 Å². The van der Waals surface area contributed by atoms with Crippen molar-refractivity contribution >= 4 is 23.2 Å². The van der Waals surface area contributed by atoms with Gasteiger partial charge in [-0.05, 0) is 44.7 Å². The fraction of sp³-hybridized carbons (Fsp3) is 0.538. The van der Waals surface area contributed by atoms with Gasteiger partial charge in [0.25, 0.3) is 5.91 Å². The van der Waals surface area contributed by atoms with E-state index in [2.05, 4.69) is 5.32 Å². The molecule has 1 heterocycles. The van der Waals surface area contributed by atoms with Crippen LogP contribution in [-0.2, 0) is 17.6 Å².